The van der Waals surface area contributed by atoms with Crippen LogP contribution in [0.25, 0.3) is 0 Å². The average Bonchev–Trinajstić information content (AvgIpc) is 2.47. The first-order valence-electron chi connectivity index (χ1n) is 7.34. The number of rotatable bonds is 4. The van der Waals surface area contributed by atoms with Gasteiger partial charge in [0.25, 0.3) is 0 Å². The minimum Gasteiger partial charge on any atom is -0.324 e. The summed E-state index contributed by atoms with van der Waals surface area (Å²) in [5.41, 5.74) is 6.74. The molecule has 5 nitrogen and oxygen atoms in total. The Morgan fingerprint density at radius 2 is 1.76 bits per heavy atom. The van der Waals surface area contributed by atoms with Crippen LogP contribution in [0.2, 0.25) is 0 Å². The minimum absolute atomic E-state index is 0.0827. The van der Waals surface area contributed by atoms with Gasteiger partial charge in [0.1, 0.15) is 0 Å². The number of hydrogen-bond acceptors (Lipinski definition) is 4. The third kappa shape index (κ3) is 3.63. The first kappa shape index (κ1) is 16.4. The van der Waals surface area contributed by atoms with Crippen molar-refractivity contribution >= 4 is 10.0 Å². The molecule has 1 aromatic carbocycles. The van der Waals surface area contributed by atoms with Crippen LogP contribution in [0, 0.1) is 0 Å². The summed E-state index contributed by atoms with van der Waals surface area (Å²) in [5.74, 6) is 0. The predicted octanol–water partition coefficient (Wildman–Crippen LogP) is 1.42. The Morgan fingerprint density at radius 3 is 2.24 bits per heavy atom. The smallest absolute Gasteiger partial charge is 0.243 e. The molecule has 1 atom stereocenters. The van der Waals surface area contributed by atoms with Crippen LogP contribution in [0.3, 0.4) is 0 Å². The lowest BCUT2D eigenvalue weighted by atomic mass is 10.1. The van der Waals surface area contributed by atoms with Gasteiger partial charge in [0.05, 0.1) is 4.90 Å². The third-order valence-corrected chi connectivity index (χ3v) is 6.21. The SMILES string of the molecule is CC(N)c1ccc(S(=O)(=O)N(C)C2CCN(C)CC2)cc1. The minimum atomic E-state index is -3.42. The molecular formula is C15H25N3O2S. The van der Waals surface area contributed by atoms with E-state index in [1.54, 1.807) is 31.3 Å². The van der Waals surface area contributed by atoms with Gasteiger partial charge in [0, 0.05) is 19.1 Å². The molecule has 1 unspecified atom stereocenters. The highest BCUT2D eigenvalue weighted by Crippen LogP contribution is 2.23. The quantitative estimate of drug-likeness (QED) is 0.913. The van der Waals surface area contributed by atoms with Gasteiger partial charge in [-0.3, -0.25) is 0 Å². The fourth-order valence-electron chi connectivity index (χ4n) is 2.66. The maximum Gasteiger partial charge on any atom is 0.243 e. The molecule has 1 aromatic rings. The van der Waals surface area contributed by atoms with Gasteiger partial charge < -0.3 is 10.6 Å². The van der Waals surface area contributed by atoms with Gasteiger partial charge in [-0.25, -0.2) is 8.42 Å². The number of sulfonamides is 1. The first-order chi connectivity index (χ1) is 9.82. The summed E-state index contributed by atoms with van der Waals surface area (Å²) in [6.45, 7) is 3.76. The molecule has 1 saturated heterocycles. The van der Waals surface area contributed by atoms with Crippen molar-refractivity contribution in [2.24, 2.45) is 5.73 Å². The summed E-state index contributed by atoms with van der Waals surface area (Å²) in [6, 6.07) is 6.88. The van der Waals surface area contributed by atoms with Crippen molar-refractivity contribution in [2.75, 3.05) is 27.2 Å². The molecule has 21 heavy (non-hydrogen) atoms. The number of benzene rings is 1. The van der Waals surface area contributed by atoms with Gasteiger partial charge in [-0.15, -0.1) is 0 Å². The zero-order valence-electron chi connectivity index (χ0n) is 13.0. The molecular weight excluding hydrogens is 286 g/mol. The first-order valence-corrected chi connectivity index (χ1v) is 8.78. The monoisotopic (exact) mass is 311 g/mol. The van der Waals surface area contributed by atoms with E-state index in [4.69, 9.17) is 5.73 Å². The second kappa shape index (κ2) is 6.44. The molecule has 0 amide bonds. The zero-order chi connectivity index (χ0) is 15.6. The Hall–Kier alpha value is -0.950. The van der Waals surface area contributed by atoms with Gasteiger partial charge in [-0.1, -0.05) is 12.1 Å². The van der Waals surface area contributed by atoms with E-state index in [9.17, 15) is 8.42 Å². The van der Waals surface area contributed by atoms with E-state index in [1.807, 2.05) is 6.92 Å². The van der Waals surface area contributed by atoms with Crippen molar-refractivity contribution in [3.63, 3.8) is 0 Å². The van der Waals surface area contributed by atoms with Crippen molar-refractivity contribution < 1.29 is 8.42 Å². The Balaban J connectivity index is 2.16. The van der Waals surface area contributed by atoms with Gasteiger partial charge in [0.15, 0.2) is 0 Å². The van der Waals surface area contributed by atoms with Crippen molar-refractivity contribution in [1.29, 1.82) is 0 Å². The molecule has 0 spiro atoms. The molecule has 1 heterocycles. The van der Waals surface area contributed by atoms with E-state index in [0.717, 1.165) is 31.5 Å². The molecule has 0 radical (unpaired) electrons. The summed E-state index contributed by atoms with van der Waals surface area (Å²) in [6.07, 6.45) is 1.76. The molecule has 1 aliphatic heterocycles. The van der Waals surface area contributed by atoms with Crippen LogP contribution < -0.4 is 5.73 Å². The molecule has 2 rings (SSSR count). The van der Waals surface area contributed by atoms with Gasteiger partial charge in [-0.2, -0.15) is 4.31 Å². The topological polar surface area (TPSA) is 66.6 Å². The fraction of sp³-hybridized carbons (Fsp3) is 0.600. The van der Waals surface area contributed by atoms with Crippen LogP contribution in [-0.2, 0) is 10.0 Å². The summed E-state index contributed by atoms with van der Waals surface area (Å²) < 4.78 is 26.9. The Bertz CT molecular complexity index is 561. The number of hydrogen-bond donors (Lipinski definition) is 1. The van der Waals surface area contributed by atoms with Crippen molar-refractivity contribution in [2.45, 2.75) is 36.7 Å². The summed E-state index contributed by atoms with van der Waals surface area (Å²) in [5, 5.41) is 0. The van der Waals surface area contributed by atoms with Crippen LogP contribution in [0.4, 0.5) is 0 Å². The summed E-state index contributed by atoms with van der Waals surface area (Å²) in [7, 11) is 0.328. The number of piperidine rings is 1. The molecule has 2 N–H and O–H groups in total. The largest absolute Gasteiger partial charge is 0.324 e. The standard InChI is InChI=1S/C15H25N3O2S/c1-12(16)13-4-6-15(7-5-13)21(19,20)18(3)14-8-10-17(2)11-9-14/h4-7,12,14H,8-11,16H2,1-3H3. The van der Waals surface area contributed by atoms with E-state index in [-0.39, 0.29) is 12.1 Å². The van der Waals surface area contributed by atoms with Crippen molar-refractivity contribution in [1.82, 2.24) is 9.21 Å². The molecule has 0 saturated carbocycles. The normalized spacial score (nSPS) is 19.9. The number of nitrogens with two attached hydrogens (primary N) is 1. The highest BCUT2D eigenvalue weighted by molar-refractivity contribution is 7.89. The second-order valence-electron chi connectivity index (χ2n) is 5.91. The Kier molecular flexibility index (Phi) is 5.03. The van der Waals surface area contributed by atoms with Gasteiger partial charge in [0.2, 0.25) is 10.0 Å². The van der Waals surface area contributed by atoms with E-state index >= 15 is 0 Å². The lowest BCUT2D eigenvalue weighted by molar-refractivity contribution is 0.197. The maximum absolute atomic E-state index is 12.7. The zero-order valence-corrected chi connectivity index (χ0v) is 13.8. The molecule has 0 bridgehead atoms. The number of nitrogens with zero attached hydrogens (tertiary/aromatic N) is 2. The van der Waals surface area contributed by atoms with Crippen LogP contribution in [0.1, 0.15) is 31.4 Å². The van der Waals surface area contributed by atoms with E-state index in [0.29, 0.717) is 4.90 Å². The van der Waals surface area contributed by atoms with E-state index in [2.05, 4.69) is 11.9 Å². The van der Waals surface area contributed by atoms with Crippen LogP contribution in [0.5, 0.6) is 0 Å². The van der Waals surface area contributed by atoms with Crippen molar-refractivity contribution in [3.8, 4) is 0 Å². The molecule has 0 aromatic heterocycles. The predicted molar refractivity (Wildman–Crippen MR) is 84.5 cm³/mol. The van der Waals surface area contributed by atoms with E-state index in [1.165, 1.54) is 4.31 Å². The summed E-state index contributed by atoms with van der Waals surface area (Å²) in [4.78, 5) is 2.57. The molecule has 118 valence electrons. The van der Waals surface area contributed by atoms with E-state index < -0.39 is 10.0 Å². The Morgan fingerprint density at radius 1 is 1.24 bits per heavy atom. The Labute approximate surface area is 127 Å². The van der Waals surface area contributed by atoms with Crippen molar-refractivity contribution in [3.05, 3.63) is 29.8 Å². The molecule has 0 aliphatic carbocycles. The summed E-state index contributed by atoms with van der Waals surface area (Å²) >= 11 is 0. The highest BCUT2D eigenvalue weighted by Gasteiger charge is 2.30. The third-order valence-electron chi connectivity index (χ3n) is 4.29. The second-order valence-corrected chi connectivity index (χ2v) is 7.91. The molecule has 1 fully saturated rings. The average molecular weight is 311 g/mol. The molecule has 1 aliphatic rings. The van der Waals surface area contributed by atoms with Gasteiger partial charge >= 0.3 is 0 Å². The lowest BCUT2D eigenvalue weighted by Crippen LogP contribution is -2.44. The van der Waals surface area contributed by atoms with Gasteiger partial charge in [-0.05, 0) is 57.6 Å². The molecule has 6 heteroatoms. The van der Waals surface area contributed by atoms with Crippen LogP contribution in [0.15, 0.2) is 29.2 Å². The lowest BCUT2D eigenvalue weighted by Gasteiger charge is -2.34. The maximum atomic E-state index is 12.7. The van der Waals surface area contributed by atoms with Crippen LogP contribution in [-0.4, -0.2) is 50.8 Å². The number of likely N-dealkylation sites (tertiary alicyclic amines) is 1. The fourth-order valence-corrected chi connectivity index (χ4v) is 4.08. The van der Waals surface area contributed by atoms with Crippen LogP contribution >= 0.6 is 0 Å². The highest BCUT2D eigenvalue weighted by atomic mass is 32.2.